The molecule has 2 heterocycles. The van der Waals surface area contributed by atoms with Crippen LogP contribution < -0.4 is 5.69 Å². The second-order valence-corrected chi connectivity index (χ2v) is 7.40. The first kappa shape index (κ1) is 17.6. The predicted octanol–water partition coefficient (Wildman–Crippen LogP) is 3.36. The van der Waals surface area contributed by atoms with Crippen LogP contribution in [0.2, 0.25) is 0 Å². The number of rotatable bonds is 4. The SMILES string of the molecule is O=c1[nH]c2ccc(CC#CCN3CCC(Cc4ccccc4)CC3)cc2[nH]1. The number of hydrogen-bond donors (Lipinski definition) is 2. The van der Waals surface area contributed by atoms with Crippen molar-refractivity contribution in [2.45, 2.75) is 25.7 Å². The van der Waals surface area contributed by atoms with Crippen molar-refractivity contribution < 1.29 is 0 Å². The number of H-pyrrole nitrogens is 2. The van der Waals surface area contributed by atoms with Gasteiger partial charge in [-0.25, -0.2) is 4.79 Å². The number of aromatic nitrogens is 2. The topological polar surface area (TPSA) is 51.9 Å². The maximum atomic E-state index is 11.3. The Morgan fingerprint density at radius 2 is 1.70 bits per heavy atom. The molecule has 1 aliphatic rings. The highest BCUT2D eigenvalue weighted by atomic mass is 16.1. The minimum atomic E-state index is -0.163. The van der Waals surface area contributed by atoms with Gasteiger partial charge in [0.15, 0.2) is 0 Å². The molecule has 4 rings (SSSR count). The monoisotopic (exact) mass is 359 g/mol. The van der Waals surface area contributed by atoms with Gasteiger partial charge in [0.05, 0.1) is 17.6 Å². The average Bonchev–Trinajstić information content (AvgIpc) is 3.06. The Balaban J connectivity index is 1.23. The lowest BCUT2D eigenvalue weighted by molar-refractivity contribution is 0.203. The molecule has 0 unspecified atom stereocenters. The summed E-state index contributed by atoms with van der Waals surface area (Å²) in [4.78, 5) is 19.3. The van der Waals surface area contributed by atoms with Gasteiger partial charge in [-0.2, -0.15) is 0 Å². The standard InChI is InChI=1S/C23H25N3O/c27-23-24-21-10-9-19(17-22(21)25-23)8-4-5-13-26-14-11-20(12-15-26)16-18-6-2-1-3-7-18/h1-3,6-7,9-10,17,20H,8,11-16H2,(H2,24,25,27). The van der Waals surface area contributed by atoms with Crippen LogP contribution in [0.1, 0.15) is 24.0 Å². The molecular weight excluding hydrogens is 334 g/mol. The molecule has 1 aromatic heterocycles. The molecule has 0 radical (unpaired) electrons. The quantitative estimate of drug-likeness (QED) is 0.702. The Morgan fingerprint density at radius 3 is 2.52 bits per heavy atom. The Hall–Kier alpha value is -2.77. The van der Waals surface area contributed by atoms with Crippen molar-refractivity contribution >= 4 is 11.0 Å². The smallest absolute Gasteiger partial charge is 0.306 e. The molecule has 4 nitrogen and oxygen atoms in total. The summed E-state index contributed by atoms with van der Waals surface area (Å²) in [5.74, 6) is 7.39. The highest BCUT2D eigenvalue weighted by Gasteiger charge is 2.18. The van der Waals surface area contributed by atoms with Crippen molar-refractivity contribution in [3.63, 3.8) is 0 Å². The van der Waals surface area contributed by atoms with Crippen molar-refractivity contribution in [3.05, 3.63) is 70.1 Å². The molecule has 1 aliphatic heterocycles. The van der Waals surface area contributed by atoms with Crippen LogP contribution in [0, 0.1) is 17.8 Å². The van der Waals surface area contributed by atoms with Gasteiger partial charge in [-0.1, -0.05) is 48.2 Å². The van der Waals surface area contributed by atoms with Crippen molar-refractivity contribution in [2.24, 2.45) is 5.92 Å². The van der Waals surface area contributed by atoms with E-state index in [0.29, 0.717) is 6.42 Å². The largest absolute Gasteiger partial charge is 0.323 e. The summed E-state index contributed by atoms with van der Waals surface area (Å²) >= 11 is 0. The molecule has 1 saturated heterocycles. The number of imidazole rings is 1. The summed E-state index contributed by atoms with van der Waals surface area (Å²) in [5, 5.41) is 0. The molecule has 0 spiro atoms. The summed E-state index contributed by atoms with van der Waals surface area (Å²) in [6.45, 7) is 3.13. The lowest BCUT2D eigenvalue weighted by Crippen LogP contribution is -2.34. The Labute approximate surface area is 159 Å². The van der Waals surface area contributed by atoms with Gasteiger partial charge in [0.25, 0.3) is 0 Å². The van der Waals surface area contributed by atoms with E-state index in [4.69, 9.17) is 0 Å². The first-order valence-corrected chi connectivity index (χ1v) is 9.69. The third kappa shape index (κ3) is 4.69. The lowest BCUT2D eigenvalue weighted by Gasteiger charge is -2.30. The normalized spacial score (nSPS) is 15.6. The van der Waals surface area contributed by atoms with Crippen LogP contribution in [0.3, 0.4) is 0 Å². The van der Waals surface area contributed by atoms with E-state index in [1.54, 1.807) is 0 Å². The van der Waals surface area contributed by atoms with E-state index in [1.165, 1.54) is 24.8 Å². The second kappa shape index (κ2) is 8.28. The molecule has 0 aliphatic carbocycles. The number of hydrogen-bond acceptors (Lipinski definition) is 2. The van der Waals surface area contributed by atoms with Gasteiger partial charge in [-0.15, -0.1) is 0 Å². The molecule has 2 N–H and O–H groups in total. The first-order chi connectivity index (χ1) is 13.3. The molecule has 2 aromatic carbocycles. The van der Waals surface area contributed by atoms with E-state index in [0.717, 1.165) is 42.1 Å². The lowest BCUT2D eigenvalue weighted by atomic mass is 9.90. The number of aromatic amines is 2. The molecule has 3 aromatic rings. The van der Waals surface area contributed by atoms with E-state index < -0.39 is 0 Å². The Morgan fingerprint density at radius 1 is 0.926 bits per heavy atom. The van der Waals surface area contributed by atoms with Gasteiger partial charge in [0.2, 0.25) is 0 Å². The van der Waals surface area contributed by atoms with Crippen LogP contribution in [0.5, 0.6) is 0 Å². The average molecular weight is 359 g/mol. The third-order valence-corrected chi connectivity index (χ3v) is 5.37. The molecule has 27 heavy (non-hydrogen) atoms. The minimum absolute atomic E-state index is 0.163. The third-order valence-electron chi connectivity index (χ3n) is 5.37. The maximum Gasteiger partial charge on any atom is 0.323 e. The highest BCUT2D eigenvalue weighted by Crippen LogP contribution is 2.21. The van der Waals surface area contributed by atoms with Crippen molar-refractivity contribution in [2.75, 3.05) is 19.6 Å². The molecule has 4 heteroatoms. The summed E-state index contributed by atoms with van der Waals surface area (Å²) in [6, 6.07) is 16.8. The van der Waals surface area contributed by atoms with Crippen molar-refractivity contribution in [1.29, 1.82) is 0 Å². The van der Waals surface area contributed by atoms with Gasteiger partial charge in [-0.05, 0) is 61.5 Å². The Bertz CT molecular complexity index is 999. The Kier molecular flexibility index (Phi) is 5.41. The molecule has 1 fully saturated rings. The highest BCUT2D eigenvalue weighted by molar-refractivity contribution is 5.75. The number of benzene rings is 2. The minimum Gasteiger partial charge on any atom is -0.306 e. The van der Waals surface area contributed by atoms with Crippen LogP contribution in [-0.4, -0.2) is 34.5 Å². The maximum absolute atomic E-state index is 11.3. The van der Waals surface area contributed by atoms with Crippen molar-refractivity contribution in [3.8, 4) is 11.8 Å². The fourth-order valence-corrected chi connectivity index (χ4v) is 3.82. The van der Waals surface area contributed by atoms with Crippen LogP contribution >= 0.6 is 0 Å². The van der Waals surface area contributed by atoms with Gasteiger partial charge in [-0.3, -0.25) is 4.90 Å². The van der Waals surface area contributed by atoms with Crippen LogP contribution in [0.4, 0.5) is 0 Å². The van der Waals surface area contributed by atoms with E-state index in [-0.39, 0.29) is 5.69 Å². The van der Waals surface area contributed by atoms with Crippen LogP contribution in [0.15, 0.2) is 53.3 Å². The molecule has 0 saturated carbocycles. The van der Waals surface area contributed by atoms with E-state index in [1.807, 2.05) is 18.2 Å². The summed E-state index contributed by atoms with van der Waals surface area (Å²) in [6.07, 6.45) is 4.43. The van der Waals surface area contributed by atoms with E-state index in [2.05, 4.69) is 57.0 Å². The van der Waals surface area contributed by atoms with Crippen LogP contribution in [-0.2, 0) is 12.8 Å². The van der Waals surface area contributed by atoms with Gasteiger partial charge >= 0.3 is 5.69 Å². The zero-order valence-electron chi connectivity index (χ0n) is 15.5. The number of nitrogens with one attached hydrogen (secondary N) is 2. The van der Waals surface area contributed by atoms with Gasteiger partial charge < -0.3 is 9.97 Å². The summed E-state index contributed by atoms with van der Waals surface area (Å²) in [7, 11) is 0. The zero-order chi connectivity index (χ0) is 18.5. The number of nitrogens with zero attached hydrogens (tertiary/aromatic N) is 1. The molecule has 0 bridgehead atoms. The fourth-order valence-electron chi connectivity index (χ4n) is 3.82. The fraction of sp³-hybridized carbons (Fsp3) is 0.348. The predicted molar refractivity (Wildman–Crippen MR) is 110 cm³/mol. The molecule has 0 amide bonds. The number of piperidine rings is 1. The summed E-state index contributed by atoms with van der Waals surface area (Å²) < 4.78 is 0. The first-order valence-electron chi connectivity index (χ1n) is 9.69. The number of fused-ring (bicyclic) bond motifs is 1. The van der Waals surface area contributed by atoms with E-state index in [9.17, 15) is 4.79 Å². The van der Waals surface area contributed by atoms with Crippen molar-refractivity contribution in [1.82, 2.24) is 14.9 Å². The van der Waals surface area contributed by atoms with Gasteiger partial charge in [0.1, 0.15) is 0 Å². The second-order valence-electron chi connectivity index (χ2n) is 7.40. The molecular formula is C23H25N3O. The van der Waals surface area contributed by atoms with Gasteiger partial charge in [0, 0.05) is 6.42 Å². The van der Waals surface area contributed by atoms with E-state index >= 15 is 0 Å². The molecule has 138 valence electrons. The zero-order valence-corrected chi connectivity index (χ0v) is 15.5. The van der Waals surface area contributed by atoms with Crippen LogP contribution in [0.25, 0.3) is 11.0 Å². The summed E-state index contributed by atoms with van der Waals surface area (Å²) in [5.41, 5.74) is 4.11. The molecule has 0 atom stereocenters. The number of likely N-dealkylation sites (tertiary alicyclic amines) is 1.